The first-order valence-electron chi connectivity index (χ1n) is 6.73. The fourth-order valence-corrected chi connectivity index (χ4v) is 3.13. The molecule has 0 unspecified atom stereocenters. The van der Waals surface area contributed by atoms with Crippen LogP contribution in [0.4, 0.5) is 5.69 Å². The molecule has 0 spiro atoms. The SMILES string of the molecule is CCOc1cccc(N(C)S(=O)(=O)c2ccc(C)cc2)c1. The van der Waals surface area contributed by atoms with Crippen molar-refractivity contribution in [3.8, 4) is 5.75 Å². The highest BCUT2D eigenvalue weighted by atomic mass is 32.2. The second-order valence-corrected chi connectivity index (χ2v) is 6.69. The molecule has 0 radical (unpaired) electrons. The fourth-order valence-electron chi connectivity index (χ4n) is 1.94. The van der Waals surface area contributed by atoms with E-state index in [1.165, 1.54) is 4.31 Å². The minimum atomic E-state index is -3.56. The van der Waals surface area contributed by atoms with Crippen LogP contribution in [-0.4, -0.2) is 22.1 Å². The molecule has 0 aliphatic carbocycles. The lowest BCUT2D eigenvalue weighted by Gasteiger charge is -2.20. The van der Waals surface area contributed by atoms with Crippen LogP contribution in [0.15, 0.2) is 53.4 Å². The van der Waals surface area contributed by atoms with Crippen LogP contribution in [0, 0.1) is 6.92 Å². The van der Waals surface area contributed by atoms with Crippen LogP contribution in [-0.2, 0) is 10.0 Å². The maximum absolute atomic E-state index is 12.6. The molecule has 2 aromatic rings. The van der Waals surface area contributed by atoms with Crippen LogP contribution in [0.5, 0.6) is 5.75 Å². The average molecular weight is 305 g/mol. The third-order valence-corrected chi connectivity index (χ3v) is 4.97. The van der Waals surface area contributed by atoms with Gasteiger partial charge in [0.05, 0.1) is 17.2 Å². The molecule has 2 aromatic carbocycles. The van der Waals surface area contributed by atoms with Crippen molar-refractivity contribution in [2.75, 3.05) is 18.0 Å². The van der Waals surface area contributed by atoms with Crippen LogP contribution in [0.25, 0.3) is 0 Å². The number of benzene rings is 2. The van der Waals surface area contributed by atoms with E-state index >= 15 is 0 Å². The zero-order valence-electron chi connectivity index (χ0n) is 12.4. The summed E-state index contributed by atoms with van der Waals surface area (Å²) in [5.41, 5.74) is 1.59. The Hall–Kier alpha value is -2.01. The maximum atomic E-state index is 12.6. The smallest absolute Gasteiger partial charge is 0.264 e. The highest BCUT2D eigenvalue weighted by Crippen LogP contribution is 2.25. The van der Waals surface area contributed by atoms with E-state index in [-0.39, 0.29) is 4.90 Å². The van der Waals surface area contributed by atoms with Gasteiger partial charge in [0.15, 0.2) is 0 Å². The lowest BCUT2D eigenvalue weighted by Crippen LogP contribution is -2.26. The van der Waals surface area contributed by atoms with Crippen LogP contribution in [0.2, 0.25) is 0 Å². The third kappa shape index (κ3) is 3.36. The van der Waals surface area contributed by atoms with Crippen molar-refractivity contribution in [2.45, 2.75) is 18.7 Å². The Balaban J connectivity index is 2.35. The molecular formula is C16H19NO3S. The molecule has 0 aliphatic heterocycles. The molecule has 0 atom stereocenters. The Morgan fingerprint density at radius 2 is 1.76 bits per heavy atom. The van der Waals surface area contributed by atoms with Crippen LogP contribution >= 0.6 is 0 Å². The van der Waals surface area contributed by atoms with E-state index in [0.29, 0.717) is 18.0 Å². The van der Waals surface area contributed by atoms with Gasteiger partial charge in [0.1, 0.15) is 5.75 Å². The van der Waals surface area contributed by atoms with E-state index in [0.717, 1.165) is 5.56 Å². The van der Waals surface area contributed by atoms with E-state index < -0.39 is 10.0 Å². The van der Waals surface area contributed by atoms with Crippen LogP contribution < -0.4 is 9.04 Å². The van der Waals surface area contributed by atoms with Gasteiger partial charge in [-0.25, -0.2) is 8.42 Å². The normalized spacial score (nSPS) is 11.2. The summed E-state index contributed by atoms with van der Waals surface area (Å²) in [5.74, 6) is 0.654. The molecule has 0 aromatic heterocycles. The molecule has 0 fully saturated rings. The Kier molecular flexibility index (Phi) is 4.53. The minimum Gasteiger partial charge on any atom is -0.494 e. The molecule has 112 valence electrons. The van der Waals surface area contributed by atoms with Crippen LogP contribution in [0.3, 0.4) is 0 Å². The first-order valence-corrected chi connectivity index (χ1v) is 8.17. The van der Waals surface area contributed by atoms with Crippen molar-refractivity contribution < 1.29 is 13.2 Å². The van der Waals surface area contributed by atoms with E-state index in [1.807, 2.05) is 13.8 Å². The van der Waals surface area contributed by atoms with E-state index in [1.54, 1.807) is 55.6 Å². The lowest BCUT2D eigenvalue weighted by molar-refractivity contribution is 0.340. The highest BCUT2D eigenvalue weighted by molar-refractivity contribution is 7.92. The second-order valence-electron chi connectivity index (χ2n) is 4.72. The summed E-state index contributed by atoms with van der Waals surface area (Å²) >= 11 is 0. The monoisotopic (exact) mass is 305 g/mol. The first kappa shape index (κ1) is 15.4. The Bertz CT molecular complexity index is 709. The van der Waals surface area contributed by atoms with Gasteiger partial charge in [0, 0.05) is 13.1 Å². The third-order valence-electron chi connectivity index (χ3n) is 3.17. The number of ether oxygens (including phenoxy) is 1. The molecule has 21 heavy (non-hydrogen) atoms. The summed E-state index contributed by atoms with van der Waals surface area (Å²) in [6.07, 6.45) is 0. The number of anilines is 1. The highest BCUT2D eigenvalue weighted by Gasteiger charge is 2.21. The predicted octanol–water partition coefficient (Wildman–Crippen LogP) is 3.22. The van der Waals surface area contributed by atoms with Gasteiger partial charge in [0.25, 0.3) is 10.0 Å². The molecule has 4 nitrogen and oxygen atoms in total. The Morgan fingerprint density at radius 1 is 1.10 bits per heavy atom. The van der Waals surface area contributed by atoms with Crippen molar-refractivity contribution in [3.05, 3.63) is 54.1 Å². The maximum Gasteiger partial charge on any atom is 0.264 e. The fraction of sp³-hybridized carbons (Fsp3) is 0.250. The molecule has 5 heteroatoms. The van der Waals surface area contributed by atoms with Crippen molar-refractivity contribution in [1.82, 2.24) is 0 Å². The molecule has 0 aliphatic rings. The first-order chi connectivity index (χ1) is 9.95. The van der Waals surface area contributed by atoms with Gasteiger partial charge >= 0.3 is 0 Å². The number of sulfonamides is 1. The summed E-state index contributed by atoms with van der Waals surface area (Å²) in [4.78, 5) is 0.275. The molecule has 0 N–H and O–H groups in total. The zero-order chi connectivity index (χ0) is 15.5. The molecule has 0 bridgehead atoms. The predicted molar refractivity (Wildman–Crippen MR) is 84.4 cm³/mol. The number of nitrogens with zero attached hydrogens (tertiary/aromatic N) is 1. The molecule has 0 amide bonds. The van der Waals surface area contributed by atoms with E-state index in [9.17, 15) is 8.42 Å². The van der Waals surface area contributed by atoms with Gasteiger partial charge < -0.3 is 4.74 Å². The van der Waals surface area contributed by atoms with Crippen molar-refractivity contribution in [1.29, 1.82) is 0 Å². The molecular weight excluding hydrogens is 286 g/mol. The van der Waals surface area contributed by atoms with Crippen molar-refractivity contribution in [2.24, 2.45) is 0 Å². The van der Waals surface area contributed by atoms with Crippen LogP contribution in [0.1, 0.15) is 12.5 Å². The number of aryl methyl sites for hydroxylation is 1. The quantitative estimate of drug-likeness (QED) is 0.852. The lowest BCUT2D eigenvalue weighted by atomic mass is 10.2. The van der Waals surface area contributed by atoms with Crippen molar-refractivity contribution in [3.63, 3.8) is 0 Å². The Labute approximate surface area is 126 Å². The molecule has 2 rings (SSSR count). The van der Waals surface area contributed by atoms with Crippen molar-refractivity contribution >= 4 is 15.7 Å². The number of hydrogen-bond donors (Lipinski definition) is 0. The summed E-state index contributed by atoms with van der Waals surface area (Å²) in [6.45, 7) is 4.35. The van der Waals surface area contributed by atoms with E-state index in [4.69, 9.17) is 4.74 Å². The summed E-state index contributed by atoms with van der Waals surface area (Å²) < 4.78 is 31.9. The summed E-state index contributed by atoms with van der Waals surface area (Å²) in [7, 11) is -2.02. The van der Waals surface area contributed by atoms with Gasteiger partial charge in [-0.15, -0.1) is 0 Å². The van der Waals surface area contributed by atoms with Gasteiger partial charge in [-0.05, 0) is 38.1 Å². The topological polar surface area (TPSA) is 46.6 Å². The zero-order valence-corrected chi connectivity index (χ0v) is 13.2. The number of rotatable bonds is 5. The average Bonchev–Trinajstić information content (AvgIpc) is 2.47. The van der Waals surface area contributed by atoms with Gasteiger partial charge in [-0.2, -0.15) is 0 Å². The molecule has 0 saturated carbocycles. The Morgan fingerprint density at radius 3 is 2.38 bits per heavy atom. The molecule has 0 saturated heterocycles. The second kappa shape index (κ2) is 6.18. The largest absolute Gasteiger partial charge is 0.494 e. The van der Waals surface area contributed by atoms with E-state index in [2.05, 4.69) is 0 Å². The minimum absolute atomic E-state index is 0.275. The van der Waals surface area contributed by atoms with Gasteiger partial charge in [-0.3, -0.25) is 4.31 Å². The summed E-state index contributed by atoms with van der Waals surface area (Å²) in [5, 5.41) is 0. The number of hydrogen-bond acceptors (Lipinski definition) is 3. The molecule has 0 heterocycles. The standard InChI is InChI=1S/C16H19NO3S/c1-4-20-15-7-5-6-14(12-15)17(3)21(18,19)16-10-8-13(2)9-11-16/h5-12H,4H2,1-3H3. The van der Waals surface area contributed by atoms with Gasteiger partial charge in [0.2, 0.25) is 0 Å². The van der Waals surface area contributed by atoms with Gasteiger partial charge in [-0.1, -0.05) is 23.8 Å². The summed E-state index contributed by atoms with van der Waals surface area (Å²) in [6, 6.07) is 13.9.